The molecular formula is C20H28. The van der Waals surface area contributed by atoms with Crippen LogP contribution in [0.4, 0.5) is 0 Å². The number of rotatable bonds is 5. The number of hydrogen-bond acceptors (Lipinski definition) is 0. The highest BCUT2D eigenvalue weighted by molar-refractivity contribution is 5.47. The lowest BCUT2D eigenvalue weighted by atomic mass is 9.99. The molecule has 1 aromatic carbocycles. The summed E-state index contributed by atoms with van der Waals surface area (Å²) in [5.74, 6) is 0.575. The molecule has 0 N–H and O–H groups in total. The van der Waals surface area contributed by atoms with Gasteiger partial charge in [-0.2, -0.15) is 0 Å². The molecule has 0 aliphatic heterocycles. The van der Waals surface area contributed by atoms with Crippen molar-refractivity contribution in [1.29, 1.82) is 0 Å². The summed E-state index contributed by atoms with van der Waals surface area (Å²) in [5.41, 5.74) is 2.56. The van der Waals surface area contributed by atoms with E-state index < -0.39 is 0 Å². The third-order valence-electron chi connectivity index (χ3n) is 2.52. The van der Waals surface area contributed by atoms with E-state index >= 15 is 0 Å². The average molecular weight is 268 g/mol. The van der Waals surface area contributed by atoms with Crippen molar-refractivity contribution in [2.24, 2.45) is 5.92 Å². The Morgan fingerprint density at radius 2 is 1.65 bits per heavy atom. The monoisotopic (exact) mass is 268 g/mol. The Morgan fingerprint density at radius 1 is 1.10 bits per heavy atom. The Morgan fingerprint density at radius 3 is 2.10 bits per heavy atom. The summed E-state index contributed by atoms with van der Waals surface area (Å²) in [6.07, 6.45) is 19.4. The Labute approximate surface area is 125 Å². The fraction of sp³-hybridized carbons (Fsp3) is 0.300. The molecule has 0 heterocycles. The molecule has 0 fully saturated rings. The predicted molar refractivity (Wildman–Crippen MR) is 94.6 cm³/mol. The Bertz CT molecular complexity index is 401. The molecule has 0 aliphatic rings. The maximum atomic E-state index is 4.00. The van der Waals surface area contributed by atoms with Crippen molar-refractivity contribution in [3.63, 3.8) is 0 Å². The number of terminal acetylenes is 1. The van der Waals surface area contributed by atoms with E-state index in [1.54, 1.807) is 0 Å². The Kier molecular flexibility index (Phi) is 15.3. The zero-order chi connectivity index (χ0) is 15.8. The molecule has 108 valence electrons. The van der Waals surface area contributed by atoms with Crippen LogP contribution in [0.2, 0.25) is 0 Å². The predicted octanol–water partition coefficient (Wildman–Crippen LogP) is 5.92. The van der Waals surface area contributed by atoms with E-state index in [9.17, 15) is 0 Å². The van der Waals surface area contributed by atoms with Gasteiger partial charge in [-0.15, -0.1) is 12.8 Å². The van der Waals surface area contributed by atoms with Gasteiger partial charge >= 0.3 is 0 Å². The topological polar surface area (TPSA) is 0 Å². The van der Waals surface area contributed by atoms with Crippen LogP contribution in [0.25, 0.3) is 6.08 Å². The first kappa shape index (κ1) is 20.3. The van der Waals surface area contributed by atoms with Crippen LogP contribution in [0.1, 0.15) is 38.8 Å². The lowest BCUT2D eigenvalue weighted by Crippen LogP contribution is -1.95. The van der Waals surface area contributed by atoms with Gasteiger partial charge in [-0.1, -0.05) is 82.0 Å². The molecule has 0 aromatic heterocycles. The molecule has 0 nitrogen and oxygen atoms in total. The van der Waals surface area contributed by atoms with Gasteiger partial charge in [0.15, 0.2) is 0 Å². The summed E-state index contributed by atoms with van der Waals surface area (Å²) in [6.45, 7) is 12.0. The van der Waals surface area contributed by atoms with Gasteiger partial charge in [0.05, 0.1) is 0 Å². The highest BCUT2D eigenvalue weighted by Crippen LogP contribution is 2.11. The molecule has 1 rings (SSSR count). The van der Waals surface area contributed by atoms with E-state index in [1.165, 1.54) is 11.1 Å². The molecule has 1 unspecified atom stereocenters. The molecule has 0 saturated carbocycles. The first-order chi connectivity index (χ1) is 9.76. The molecule has 1 atom stereocenters. The van der Waals surface area contributed by atoms with E-state index in [0.717, 1.165) is 6.42 Å². The van der Waals surface area contributed by atoms with Crippen LogP contribution in [0.5, 0.6) is 0 Å². The van der Waals surface area contributed by atoms with Gasteiger partial charge in [-0.25, -0.2) is 0 Å². The van der Waals surface area contributed by atoms with Crippen LogP contribution in [0.15, 0.2) is 55.1 Å². The summed E-state index contributed by atoms with van der Waals surface area (Å²) >= 11 is 0. The van der Waals surface area contributed by atoms with Crippen LogP contribution in [-0.4, -0.2) is 0 Å². The minimum Gasteiger partial charge on any atom is -0.124 e. The number of allylic oxidation sites excluding steroid dienone is 4. The molecule has 0 heteroatoms. The minimum absolute atomic E-state index is 0.575. The third-order valence-corrected chi connectivity index (χ3v) is 2.52. The second-order valence-corrected chi connectivity index (χ2v) is 4.04. The second kappa shape index (κ2) is 15.1. The van der Waals surface area contributed by atoms with Gasteiger partial charge in [-0.3, -0.25) is 0 Å². The van der Waals surface area contributed by atoms with Gasteiger partial charge < -0.3 is 0 Å². The Balaban J connectivity index is 0. The zero-order valence-electron chi connectivity index (χ0n) is 13.3. The molecule has 1 aromatic rings. The highest BCUT2D eigenvalue weighted by Gasteiger charge is 1.98. The first-order valence-electron chi connectivity index (χ1n) is 7.10. The molecule has 0 radical (unpaired) electrons. The fourth-order valence-electron chi connectivity index (χ4n) is 1.59. The van der Waals surface area contributed by atoms with Gasteiger partial charge in [0.2, 0.25) is 0 Å². The summed E-state index contributed by atoms with van der Waals surface area (Å²) in [4.78, 5) is 0. The van der Waals surface area contributed by atoms with Crippen LogP contribution in [0.3, 0.4) is 0 Å². The quantitative estimate of drug-likeness (QED) is 0.459. The number of hydrogen-bond donors (Lipinski definition) is 0. The van der Waals surface area contributed by atoms with Crippen LogP contribution in [-0.2, 0) is 6.42 Å². The largest absolute Gasteiger partial charge is 0.124 e. The van der Waals surface area contributed by atoms with E-state index in [1.807, 2.05) is 32.9 Å². The SMILES string of the molecule is C#C.C=Cc1ccc(CC(C)/C=C\C=C/C)cc1.CC. The van der Waals surface area contributed by atoms with Crippen molar-refractivity contribution in [1.82, 2.24) is 0 Å². The first-order valence-corrected chi connectivity index (χ1v) is 7.10. The van der Waals surface area contributed by atoms with Crippen LogP contribution in [0, 0.1) is 18.8 Å². The molecule has 0 bridgehead atoms. The molecule has 0 spiro atoms. The molecule has 0 aliphatic carbocycles. The Hall–Kier alpha value is -2.00. The third kappa shape index (κ3) is 9.97. The van der Waals surface area contributed by atoms with E-state index in [4.69, 9.17) is 0 Å². The number of benzene rings is 1. The van der Waals surface area contributed by atoms with Crippen molar-refractivity contribution in [3.05, 3.63) is 66.3 Å². The summed E-state index contributed by atoms with van der Waals surface area (Å²) < 4.78 is 0. The van der Waals surface area contributed by atoms with Crippen molar-refractivity contribution >= 4 is 6.08 Å². The van der Waals surface area contributed by atoms with E-state index in [2.05, 4.69) is 68.8 Å². The normalized spacial score (nSPS) is 11.1. The molecular weight excluding hydrogens is 240 g/mol. The minimum atomic E-state index is 0.575. The van der Waals surface area contributed by atoms with Crippen LogP contribution >= 0.6 is 0 Å². The maximum absolute atomic E-state index is 4.00. The van der Waals surface area contributed by atoms with Gasteiger partial charge in [-0.05, 0) is 30.4 Å². The highest BCUT2D eigenvalue weighted by atomic mass is 14.0. The fourth-order valence-corrected chi connectivity index (χ4v) is 1.59. The van der Waals surface area contributed by atoms with Crippen molar-refractivity contribution in [3.8, 4) is 12.8 Å². The van der Waals surface area contributed by atoms with Crippen LogP contribution < -0.4 is 0 Å². The van der Waals surface area contributed by atoms with E-state index in [-0.39, 0.29) is 0 Å². The van der Waals surface area contributed by atoms with Gasteiger partial charge in [0.25, 0.3) is 0 Å². The van der Waals surface area contributed by atoms with Crippen molar-refractivity contribution < 1.29 is 0 Å². The second-order valence-electron chi connectivity index (χ2n) is 4.04. The van der Waals surface area contributed by atoms with E-state index in [0.29, 0.717) is 5.92 Å². The zero-order valence-corrected chi connectivity index (χ0v) is 13.3. The van der Waals surface area contributed by atoms with Crippen molar-refractivity contribution in [2.75, 3.05) is 0 Å². The summed E-state index contributed by atoms with van der Waals surface area (Å²) in [5, 5.41) is 0. The lowest BCUT2D eigenvalue weighted by molar-refractivity contribution is 0.723. The molecule has 20 heavy (non-hydrogen) atoms. The summed E-state index contributed by atoms with van der Waals surface area (Å²) in [6, 6.07) is 8.59. The van der Waals surface area contributed by atoms with Gasteiger partial charge in [0, 0.05) is 0 Å². The molecule has 0 saturated heterocycles. The van der Waals surface area contributed by atoms with Crippen molar-refractivity contribution in [2.45, 2.75) is 34.1 Å². The standard InChI is InChI=1S/C16H20.C2H6.C2H2/c1-4-6-7-8-14(3)13-16-11-9-15(5-2)10-12-16;2*1-2/h4-12,14H,2,13H2,1,3H3;1-2H3;1-2H/b6-4-,8-7-;;. The smallest absolute Gasteiger partial charge is 0.0218 e. The average Bonchev–Trinajstić information content (AvgIpc) is 2.52. The van der Waals surface area contributed by atoms with Gasteiger partial charge in [0.1, 0.15) is 0 Å². The lowest BCUT2D eigenvalue weighted by Gasteiger charge is -2.06. The molecule has 0 amide bonds. The summed E-state index contributed by atoms with van der Waals surface area (Å²) in [7, 11) is 0. The maximum Gasteiger partial charge on any atom is -0.0218 e.